The molecule has 2 aromatic rings. The number of fused-ring (bicyclic) bond motifs is 1. The number of rotatable bonds is 5. The van der Waals surface area contributed by atoms with E-state index in [4.69, 9.17) is 10.5 Å². The molecule has 3 rings (SSSR count). The predicted molar refractivity (Wildman–Crippen MR) is 97.7 cm³/mol. The fourth-order valence-electron chi connectivity index (χ4n) is 2.86. The second kappa shape index (κ2) is 7.66. The molecule has 6 nitrogen and oxygen atoms in total. The largest absolute Gasteiger partial charge is 0.488 e. The molecule has 1 unspecified atom stereocenters. The van der Waals surface area contributed by atoms with Gasteiger partial charge in [0, 0.05) is 0 Å². The van der Waals surface area contributed by atoms with Gasteiger partial charge in [0.2, 0.25) is 15.7 Å². The molecule has 0 radical (unpaired) electrons. The molecule has 1 aliphatic rings. The Kier molecular flexibility index (Phi) is 5.48. The van der Waals surface area contributed by atoms with Gasteiger partial charge in [-0.3, -0.25) is 4.79 Å². The van der Waals surface area contributed by atoms with Crippen LogP contribution >= 0.6 is 0 Å². The summed E-state index contributed by atoms with van der Waals surface area (Å²) in [6.45, 7) is 1.89. The topological polar surface area (TPSA) is 98.5 Å². The zero-order chi connectivity index (χ0) is 19.6. The number of sulfone groups is 1. The van der Waals surface area contributed by atoms with Gasteiger partial charge < -0.3 is 15.8 Å². The molecule has 1 heterocycles. The van der Waals surface area contributed by atoms with Gasteiger partial charge in [0.05, 0.1) is 22.4 Å². The van der Waals surface area contributed by atoms with Gasteiger partial charge >= 0.3 is 0 Å². The van der Waals surface area contributed by atoms with E-state index in [1.54, 1.807) is 13.0 Å². The van der Waals surface area contributed by atoms with Crippen LogP contribution in [0.15, 0.2) is 52.3 Å². The smallest absolute Gasteiger partial charge is 0.236 e. The summed E-state index contributed by atoms with van der Waals surface area (Å²) in [6.07, 6.45) is 1.13. The summed E-state index contributed by atoms with van der Waals surface area (Å²) in [5.41, 5.74) is 6.41. The minimum atomic E-state index is -3.86. The van der Waals surface area contributed by atoms with Crippen molar-refractivity contribution >= 4 is 15.7 Å². The molecule has 0 bridgehead atoms. The Labute approximate surface area is 157 Å². The number of nitrogens with one attached hydrogen (secondary N) is 1. The number of hydrogen-bond donors (Lipinski definition) is 2. The Morgan fingerprint density at radius 3 is 2.74 bits per heavy atom. The highest BCUT2D eigenvalue weighted by atomic mass is 32.2. The maximum atomic E-state index is 13.4. The molecule has 2 aromatic carbocycles. The predicted octanol–water partition coefficient (Wildman–Crippen LogP) is 1.82. The van der Waals surface area contributed by atoms with Crippen LogP contribution in [-0.2, 0) is 21.1 Å². The first-order chi connectivity index (χ1) is 12.8. The van der Waals surface area contributed by atoms with Crippen LogP contribution in [-0.4, -0.2) is 33.0 Å². The number of nitrogens with two attached hydrogens (primary N) is 1. The van der Waals surface area contributed by atoms with Crippen molar-refractivity contribution in [3.63, 3.8) is 0 Å². The number of aryl methyl sites for hydroxylation is 1. The molecule has 144 valence electrons. The molecule has 2 atom stereocenters. The zero-order valence-electron chi connectivity index (χ0n) is 14.8. The molecule has 1 aliphatic heterocycles. The van der Waals surface area contributed by atoms with Crippen LogP contribution in [0, 0.1) is 5.82 Å². The fourth-order valence-corrected chi connectivity index (χ4v) is 4.17. The van der Waals surface area contributed by atoms with Crippen molar-refractivity contribution in [1.29, 1.82) is 0 Å². The lowest BCUT2D eigenvalue weighted by molar-refractivity contribution is -0.122. The second-order valence-electron chi connectivity index (χ2n) is 6.54. The lowest BCUT2D eigenvalue weighted by atomic mass is 10.0. The van der Waals surface area contributed by atoms with Crippen LogP contribution in [0.5, 0.6) is 5.75 Å². The minimum Gasteiger partial charge on any atom is -0.488 e. The van der Waals surface area contributed by atoms with E-state index in [9.17, 15) is 17.6 Å². The SMILES string of the molecule is CC(N)C(=O)NC[C@H]1CCc2ccc(S(=O)(=O)c3cccc(F)c3)cc2O1. The minimum absolute atomic E-state index is 0.0344. The van der Waals surface area contributed by atoms with Crippen LogP contribution in [0.3, 0.4) is 0 Å². The van der Waals surface area contributed by atoms with Crippen LogP contribution < -0.4 is 15.8 Å². The number of carbonyl (C=O) groups is 1. The highest BCUT2D eigenvalue weighted by Crippen LogP contribution is 2.32. The highest BCUT2D eigenvalue weighted by molar-refractivity contribution is 7.91. The molecule has 0 aliphatic carbocycles. The second-order valence-corrected chi connectivity index (χ2v) is 8.49. The fraction of sp³-hybridized carbons (Fsp3) is 0.316. The van der Waals surface area contributed by atoms with E-state index in [1.165, 1.54) is 30.3 Å². The van der Waals surface area contributed by atoms with Crippen molar-refractivity contribution < 1.29 is 22.3 Å². The van der Waals surface area contributed by atoms with Gasteiger partial charge in [-0.15, -0.1) is 0 Å². The van der Waals surface area contributed by atoms with Gasteiger partial charge in [0.1, 0.15) is 17.7 Å². The molecule has 8 heteroatoms. The first kappa shape index (κ1) is 19.3. The monoisotopic (exact) mass is 392 g/mol. The van der Waals surface area contributed by atoms with E-state index in [0.29, 0.717) is 25.1 Å². The van der Waals surface area contributed by atoms with Crippen molar-refractivity contribution in [1.82, 2.24) is 5.32 Å². The van der Waals surface area contributed by atoms with E-state index in [-0.39, 0.29) is 21.8 Å². The van der Waals surface area contributed by atoms with Crippen LogP contribution in [0.25, 0.3) is 0 Å². The Bertz CT molecular complexity index is 960. The summed E-state index contributed by atoms with van der Waals surface area (Å²) in [7, 11) is -3.86. The first-order valence-electron chi connectivity index (χ1n) is 8.61. The number of halogens is 1. The molecule has 0 saturated heterocycles. The summed E-state index contributed by atoms with van der Waals surface area (Å²) in [4.78, 5) is 11.5. The average molecular weight is 392 g/mol. The van der Waals surface area contributed by atoms with Gasteiger partial charge in [0.15, 0.2) is 0 Å². The summed E-state index contributed by atoms with van der Waals surface area (Å²) < 4.78 is 44.8. The van der Waals surface area contributed by atoms with Crippen molar-refractivity contribution in [2.75, 3.05) is 6.54 Å². The van der Waals surface area contributed by atoms with E-state index in [1.807, 2.05) is 0 Å². The normalized spacial score (nSPS) is 17.5. The molecule has 0 aromatic heterocycles. The summed E-state index contributed by atoms with van der Waals surface area (Å²) in [5.74, 6) is -0.430. The van der Waals surface area contributed by atoms with Crippen LogP contribution in [0.2, 0.25) is 0 Å². The summed E-state index contributed by atoms with van der Waals surface area (Å²) >= 11 is 0. The van der Waals surface area contributed by atoms with Gasteiger partial charge in [-0.2, -0.15) is 0 Å². The standard InChI is InChI=1S/C19H21FN2O4S/c1-12(21)19(23)22-11-15-7-5-13-6-8-17(10-18(13)26-15)27(24,25)16-4-2-3-14(20)9-16/h2-4,6,8-10,12,15H,5,7,11,21H2,1H3,(H,22,23)/t12?,15-/m1/s1. The maximum Gasteiger partial charge on any atom is 0.236 e. The third-order valence-corrected chi connectivity index (χ3v) is 6.15. The Hall–Kier alpha value is -2.45. The van der Waals surface area contributed by atoms with Gasteiger partial charge in [-0.25, -0.2) is 12.8 Å². The van der Waals surface area contributed by atoms with Crippen LogP contribution in [0.4, 0.5) is 4.39 Å². The molecule has 3 N–H and O–H groups in total. The van der Waals surface area contributed by atoms with Gasteiger partial charge in [0.25, 0.3) is 0 Å². The average Bonchev–Trinajstić information content (AvgIpc) is 2.65. The maximum absolute atomic E-state index is 13.4. The highest BCUT2D eigenvalue weighted by Gasteiger charge is 2.25. The molecule has 1 amide bonds. The van der Waals surface area contributed by atoms with Crippen LogP contribution in [0.1, 0.15) is 18.9 Å². The van der Waals surface area contributed by atoms with Gasteiger partial charge in [-0.1, -0.05) is 12.1 Å². The third kappa shape index (κ3) is 4.28. The lowest BCUT2D eigenvalue weighted by Gasteiger charge is -2.27. The van der Waals surface area contributed by atoms with Crippen molar-refractivity contribution in [2.24, 2.45) is 5.73 Å². The number of benzene rings is 2. The van der Waals surface area contributed by atoms with Gasteiger partial charge in [-0.05, 0) is 55.7 Å². The Morgan fingerprint density at radius 1 is 1.30 bits per heavy atom. The molecular formula is C19H21FN2O4S. The number of ether oxygens (including phenoxy) is 1. The Balaban J connectivity index is 1.81. The third-order valence-electron chi connectivity index (χ3n) is 4.40. The van der Waals surface area contributed by atoms with Crippen molar-refractivity contribution in [3.05, 3.63) is 53.8 Å². The van der Waals surface area contributed by atoms with Crippen molar-refractivity contribution in [2.45, 2.75) is 41.7 Å². The quantitative estimate of drug-likeness (QED) is 0.809. The molecule has 0 saturated carbocycles. The molecular weight excluding hydrogens is 371 g/mol. The lowest BCUT2D eigenvalue weighted by Crippen LogP contribution is -2.43. The van der Waals surface area contributed by atoms with Crippen molar-refractivity contribution in [3.8, 4) is 5.75 Å². The van der Waals surface area contributed by atoms with E-state index >= 15 is 0 Å². The first-order valence-corrected chi connectivity index (χ1v) is 10.1. The zero-order valence-corrected chi connectivity index (χ0v) is 15.6. The van der Waals surface area contributed by atoms with E-state index < -0.39 is 21.7 Å². The number of carbonyl (C=O) groups excluding carboxylic acids is 1. The summed E-state index contributed by atoms with van der Waals surface area (Å²) in [5, 5.41) is 2.71. The molecule has 0 fully saturated rings. The van der Waals surface area contributed by atoms with E-state index in [0.717, 1.165) is 11.6 Å². The Morgan fingerprint density at radius 2 is 2.04 bits per heavy atom. The molecule has 27 heavy (non-hydrogen) atoms. The molecule has 0 spiro atoms. The number of hydrogen-bond acceptors (Lipinski definition) is 5. The number of amides is 1. The van der Waals surface area contributed by atoms with E-state index in [2.05, 4.69) is 5.32 Å². The summed E-state index contributed by atoms with van der Waals surface area (Å²) in [6, 6.07) is 8.94.